The number of anilines is 1. The zero-order valence-electron chi connectivity index (χ0n) is 16.1. The topological polar surface area (TPSA) is 137 Å². The number of carbonyl (C=O) groups is 1. The monoisotopic (exact) mass is 456 g/mol. The highest BCUT2D eigenvalue weighted by Gasteiger charge is 2.24. The van der Waals surface area contributed by atoms with Gasteiger partial charge in [0.1, 0.15) is 11.6 Å². The third-order valence-electron chi connectivity index (χ3n) is 4.12. The number of amides is 1. The minimum absolute atomic E-state index is 0.0348. The summed E-state index contributed by atoms with van der Waals surface area (Å²) in [6.07, 6.45) is 0.985. The SMILES string of the molecule is Nc1nonc1-n1nnc(C(=O)N/N=C\c2cc(F)ccc2F)c1CSc1ccccc1. The fraction of sp³-hybridized carbons (Fsp3) is 0.0526. The number of hydrogen-bond acceptors (Lipinski definition) is 9. The Morgan fingerprint density at radius 3 is 2.78 bits per heavy atom. The fourth-order valence-corrected chi connectivity index (χ4v) is 3.52. The molecule has 0 radical (unpaired) electrons. The van der Waals surface area contributed by atoms with Crippen molar-refractivity contribution in [1.29, 1.82) is 0 Å². The van der Waals surface area contributed by atoms with E-state index in [4.69, 9.17) is 5.73 Å². The van der Waals surface area contributed by atoms with Crippen molar-refractivity contribution >= 4 is 29.7 Å². The van der Waals surface area contributed by atoms with E-state index in [1.807, 2.05) is 30.3 Å². The van der Waals surface area contributed by atoms with Crippen LogP contribution in [0.5, 0.6) is 0 Å². The van der Waals surface area contributed by atoms with Gasteiger partial charge in [-0.1, -0.05) is 23.4 Å². The summed E-state index contributed by atoms with van der Waals surface area (Å²) in [6.45, 7) is 0. The van der Waals surface area contributed by atoms with Gasteiger partial charge in [0.15, 0.2) is 5.69 Å². The molecule has 10 nitrogen and oxygen atoms in total. The van der Waals surface area contributed by atoms with Crippen molar-refractivity contribution < 1.29 is 18.2 Å². The van der Waals surface area contributed by atoms with Crippen molar-refractivity contribution in [2.75, 3.05) is 5.73 Å². The van der Waals surface area contributed by atoms with E-state index in [1.165, 1.54) is 16.4 Å². The average Bonchev–Trinajstić information content (AvgIpc) is 3.41. The number of nitrogen functional groups attached to an aromatic ring is 1. The van der Waals surface area contributed by atoms with Crippen LogP contribution in [0.4, 0.5) is 14.6 Å². The molecule has 2 aromatic heterocycles. The van der Waals surface area contributed by atoms with Crippen molar-refractivity contribution in [3.63, 3.8) is 0 Å². The molecule has 0 bridgehead atoms. The number of nitrogens with zero attached hydrogens (tertiary/aromatic N) is 6. The Balaban J connectivity index is 1.58. The van der Waals surface area contributed by atoms with Crippen molar-refractivity contribution in [2.45, 2.75) is 10.6 Å². The van der Waals surface area contributed by atoms with Gasteiger partial charge in [-0.2, -0.15) is 9.78 Å². The van der Waals surface area contributed by atoms with E-state index in [9.17, 15) is 13.6 Å². The van der Waals surface area contributed by atoms with E-state index in [-0.39, 0.29) is 28.6 Å². The molecule has 3 N–H and O–H groups in total. The smallest absolute Gasteiger partial charge is 0.293 e. The first kappa shape index (κ1) is 21.1. The summed E-state index contributed by atoms with van der Waals surface area (Å²) in [7, 11) is 0. The Bertz CT molecular complexity index is 1280. The van der Waals surface area contributed by atoms with Crippen LogP contribution in [-0.2, 0) is 5.75 Å². The maximum Gasteiger partial charge on any atom is 0.293 e. The van der Waals surface area contributed by atoms with E-state index in [2.05, 4.69) is 35.8 Å². The summed E-state index contributed by atoms with van der Waals surface area (Å²) >= 11 is 1.42. The lowest BCUT2D eigenvalue weighted by atomic mass is 10.2. The zero-order chi connectivity index (χ0) is 22.5. The number of thioether (sulfide) groups is 1. The second kappa shape index (κ2) is 9.34. The molecule has 0 aliphatic carbocycles. The number of halogens is 2. The lowest BCUT2D eigenvalue weighted by Gasteiger charge is -2.05. The summed E-state index contributed by atoms with van der Waals surface area (Å²) in [4.78, 5) is 13.6. The molecule has 13 heteroatoms. The number of benzene rings is 2. The highest BCUT2D eigenvalue weighted by atomic mass is 32.2. The molecule has 0 spiro atoms. The normalized spacial score (nSPS) is 11.2. The third kappa shape index (κ3) is 4.62. The molecular weight excluding hydrogens is 442 g/mol. The van der Waals surface area contributed by atoms with Gasteiger partial charge >= 0.3 is 0 Å². The average molecular weight is 456 g/mol. The number of hydrogen-bond donors (Lipinski definition) is 2. The first-order valence-corrected chi connectivity index (χ1v) is 10.0. The molecule has 1 amide bonds. The standard InChI is InChI=1S/C19H14F2N8O2S/c20-12-6-7-14(21)11(8-12)9-23-25-19(30)16-15(10-32-13-4-2-1-3-5-13)29(28-24-16)18-17(22)26-31-27-18/h1-9H,10H2,(H2,22,26)(H,25,30)/b23-9-. The number of rotatable bonds is 7. The zero-order valence-corrected chi connectivity index (χ0v) is 17.0. The second-order valence-corrected chi connectivity index (χ2v) is 7.29. The third-order valence-corrected chi connectivity index (χ3v) is 5.14. The number of nitrogens with two attached hydrogens (primary N) is 1. The van der Waals surface area contributed by atoms with Crippen LogP contribution in [0.25, 0.3) is 5.82 Å². The molecule has 2 aromatic carbocycles. The molecule has 32 heavy (non-hydrogen) atoms. The van der Waals surface area contributed by atoms with Crippen molar-refractivity contribution in [2.24, 2.45) is 5.10 Å². The Hall–Kier alpha value is -4.13. The van der Waals surface area contributed by atoms with Crippen LogP contribution in [0, 0.1) is 11.6 Å². The molecule has 0 saturated carbocycles. The van der Waals surface area contributed by atoms with E-state index in [1.54, 1.807) is 0 Å². The van der Waals surface area contributed by atoms with Gasteiger partial charge in [-0.25, -0.2) is 18.8 Å². The van der Waals surface area contributed by atoms with Crippen LogP contribution in [0.1, 0.15) is 21.7 Å². The largest absolute Gasteiger partial charge is 0.378 e. The summed E-state index contributed by atoms with van der Waals surface area (Å²) in [5.41, 5.74) is 8.14. The van der Waals surface area contributed by atoms with Gasteiger partial charge in [-0.3, -0.25) is 4.79 Å². The lowest BCUT2D eigenvalue weighted by molar-refractivity contribution is 0.0949. The highest BCUT2D eigenvalue weighted by molar-refractivity contribution is 7.98. The predicted molar refractivity (Wildman–Crippen MR) is 111 cm³/mol. The predicted octanol–water partition coefficient (Wildman–Crippen LogP) is 2.57. The molecule has 0 fully saturated rings. The summed E-state index contributed by atoms with van der Waals surface area (Å²) < 4.78 is 32.8. The molecule has 0 saturated heterocycles. The maximum atomic E-state index is 13.7. The van der Waals surface area contributed by atoms with E-state index in [0.29, 0.717) is 5.69 Å². The minimum Gasteiger partial charge on any atom is -0.378 e. The quantitative estimate of drug-likeness (QED) is 0.246. The molecule has 0 unspecified atom stereocenters. The van der Waals surface area contributed by atoms with Crippen molar-refractivity contribution in [3.05, 3.63) is 77.1 Å². The first-order chi connectivity index (χ1) is 15.5. The van der Waals surface area contributed by atoms with Gasteiger partial charge in [0, 0.05) is 16.2 Å². The van der Waals surface area contributed by atoms with Crippen LogP contribution >= 0.6 is 11.8 Å². The van der Waals surface area contributed by atoms with Gasteiger partial charge in [-0.05, 0) is 40.6 Å². The van der Waals surface area contributed by atoms with Crippen molar-refractivity contribution in [1.82, 2.24) is 30.7 Å². The Morgan fingerprint density at radius 2 is 2.03 bits per heavy atom. The Labute approximate surface area is 183 Å². The summed E-state index contributed by atoms with van der Waals surface area (Å²) in [5, 5.41) is 18.7. The van der Waals surface area contributed by atoms with Crippen LogP contribution in [0.15, 0.2) is 63.2 Å². The van der Waals surface area contributed by atoms with Crippen LogP contribution in [0.3, 0.4) is 0 Å². The van der Waals surface area contributed by atoms with Crippen LogP contribution in [0.2, 0.25) is 0 Å². The molecule has 4 aromatic rings. The van der Waals surface area contributed by atoms with Crippen LogP contribution < -0.4 is 11.2 Å². The van der Waals surface area contributed by atoms with Crippen LogP contribution in [-0.4, -0.2) is 37.4 Å². The molecule has 162 valence electrons. The number of hydrazone groups is 1. The number of nitrogens with one attached hydrogen (secondary N) is 1. The highest BCUT2D eigenvalue weighted by Crippen LogP contribution is 2.25. The summed E-state index contributed by atoms with van der Waals surface area (Å²) in [6, 6.07) is 12.3. The van der Waals surface area contributed by atoms with E-state index >= 15 is 0 Å². The minimum atomic E-state index is -0.719. The molecule has 0 aliphatic heterocycles. The van der Waals surface area contributed by atoms with Gasteiger partial charge < -0.3 is 5.73 Å². The van der Waals surface area contributed by atoms with Gasteiger partial charge in [-0.15, -0.1) is 16.9 Å². The Morgan fingerprint density at radius 1 is 1.22 bits per heavy atom. The van der Waals surface area contributed by atoms with E-state index < -0.39 is 17.5 Å². The van der Waals surface area contributed by atoms with Gasteiger partial charge in [0.05, 0.1) is 11.9 Å². The summed E-state index contributed by atoms with van der Waals surface area (Å²) in [5.74, 6) is -1.74. The molecule has 0 aliphatic rings. The van der Waals surface area contributed by atoms with Crippen molar-refractivity contribution in [3.8, 4) is 5.82 Å². The fourth-order valence-electron chi connectivity index (χ4n) is 2.61. The number of aromatic nitrogens is 5. The lowest BCUT2D eigenvalue weighted by Crippen LogP contribution is -2.20. The second-order valence-electron chi connectivity index (χ2n) is 6.24. The molecule has 4 rings (SSSR count). The maximum absolute atomic E-state index is 13.7. The molecule has 0 atom stereocenters. The van der Waals surface area contributed by atoms with Gasteiger partial charge in [0.2, 0.25) is 11.6 Å². The Kier molecular flexibility index (Phi) is 6.17. The molecule has 2 heterocycles. The first-order valence-electron chi connectivity index (χ1n) is 9.02. The van der Waals surface area contributed by atoms with Gasteiger partial charge in [0.25, 0.3) is 5.91 Å². The number of carbonyl (C=O) groups excluding carboxylic acids is 1. The molecular formula is C19H14F2N8O2S. The van der Waals surface area contributed by atoms with E-state index in [0.717, 1.165) is 29.3 Å².